The molecule has 1 amide bonds. The number of rotatable bonds is 10. The summed E-state index contributed by atoms with van der Waals surface area (Å²) in [5.74, 6) is -2.99. The quantitative estimate of drug-likeness (QED) is 0.442. The Bertz CT molecular complexity index is 1070. The van der Waals surface area contributed by atoms with Gasteiger partial charge in [0.05, 0.1) is 5.56 Å². The average molecular weight is 452 g/mol. The lowest BCUT2D eigenvalue weighted by molar-refractivity contribution is -0.134. The standard InChI is InChI=1S/C21H22F2N2O5S/c1-3-10-24-31(28,29)19-12-16(8-9-18(19)23)21(27)30-14-20(26)25(4-2)13-15-6-5-7-17(22)11-15/h3,5-9,11-12,24H,1,4,10,13-14H2,2H3. The van der Waals surface area contributed by atoms with Crippen LogP contribution in [0.5, 0.6) is 0 Å². The van der Waals surface area contributed by atoms with Crippen molar-refractivity contribution in [3.63, 3.8) is 0 Å². The number of carbonyl (C=O) groups is 2. The zero-order valence-electron chi connectivity index (χ0n) is 16.8. The third-order valence-corrected chi connectivity index (χ3v) is 5.64. The average Bonchev–Trinajstić information content (AvgIpc) is 2.74. The summed E-state index contributed by atoms with van der Waals surface area (Å²) in [6.45, 7) is 4.76. The highest BCUT2D eigenvalue weighted by Crippen LogP contribution is 2.17. The highest BCUT2D eigenvalue weighted by Gasteiger charge is 2.22. The fourth-order valence-electron chi connectivity index (χ4n) is 2.62. The fourth-order valence-corrected chi connectivity index (χ4v) is 3.72. The van der Waals surface area contributed by atoms with Gasteiger partial charge < -0.3 is 9.64 Å². The molecule has 0 aliphatic carbocycles. The van der Waals surface area contributed by atoms with Gasteiger partial charge in [-0.1, -0.05) is 18.2 Å². The largest absolute Gasteiger partial charge is 0.452 e. The van der Waals surface area contributed by atoms with Crippen LogP contribution in [0.25, 0.3) is 0 Å². The molecule has 1 N–H and O–H groups in total. The van der Waals surface area contributed by atoms with Crippen LogP contribution in [0.1, 0.15) is 22.8 Å². The van der Waals surface area contributed by atoms with Gasteiger partial charge >= 0.3 is 5.97 Å². The Labute approximate surface area is 179 Å². The molecule has 2 rings (SSSR count). The molecular weight excluding hydrogens is 430 g/mol. The van der Waals surface area contributed by atoms with E-state index in [0.717, 1.165) is 18.2 Å². The molecule has 0 radical (unpaired) electrons. The minimum Gasteiger partial charge on any atom is -0.452 e. The summed E-state index contributed by atoms with van der Waals surface area (Å²) >= 11 is 0. The van der Waals surface area contributed by atoms with Gasteiger partial charge in [-0.3, -0.25) is 4.79 Å². The lowest BCUT2D eigenvalue weighted by Crippen LogP contribution is -2.34. The van der Waals surface area contributed by atoms with Crippen molar-refractivity contribution in [3.8, 4) is 0 Å². The molecule has 0 saturated carbocycles. The zero-order valence-corrected chi connectivity index (χ0v) is 17.6. The first kappa shape index (κ1) is 24.2. The molecule has 2 aromatic carbocycles. The summed E-state index contributed by atoms with van der Waals surface area (Å²) in [4.78, 5) is 25.3. The Morgan fingerprint density at radius 2 is 1.94 bits per heavy atom. The molecule has 31 heavy (non-hydrogen) atoms. The van der Waals surface area contributed by atoms with Gasteiger partial charge in [-0.15, -0.1) is 6.58 Å². The van der Waals surface area contributed by atoms with E-state index in [-0.39, 0.29) is 18.7 Å². The van der Waals surface area contributed by atoms with E-state index in [1.807, 2.05) is 0 Å². The molecule has 2 aromatic rings. The SMILES string of the molecule is C=CCNS(=O)(=O)c1cc(C(=O)OCC(=O)N(CC)Cc2cccc(F)c2)ccc1F. The van der Waals surface area contributed by atoms with E-state index >= 15 is 0 Å². The van der Waals surface area contributed by atoms with Crippen LogP contribution in [0.3, 0.4) is 0 Å². The highest BCUT2D eigenvalue weighted by molar-refractivity contribution is 7.89. The summed E-state index contributed by atoms with van der Waals surface area (Å²) in [7, 11) is -4.21. The Morgan fingerprint density at radius 1 is 1.19 bits per heavy atom. The number of amides is 1. The van der Waals surface area contributed by atoms with Crippen molar-refractivity contribution in [1.82, 2.24) is 9.62 Å². The molecule has 0 aromatic heterocycles. The number of ether oxygens (including phenoxy) is 1. The molecule has 0 bridgehead atoms. The van der Waals surface area contributed by atoms with Crippen molar-refractivity contribution in [2.45, 2.75) is 18.4 Å². The number of carbonyl (C=O) groups excluding carboxylic acids is 2. The fraction of sp³-hybridized carbons (Fsp3) is 0.238. The third-order valence-electron chi connectivity index (χ3n) is 4.20. The first-order chi connectivity index (χ1) is 14.7. The van der Waals surface area contributed by atoms with Crippen molar-refractivity contribution in [2.75, 3.05) is 19.7 Å². The zero-order chi connectivity index (χ0) is 23.0. The van der Waals surface area contributed by atoms with Crippen LogP contribution in [-0.2, 0) is 26.1 Å². The molecule has 7 nitrogen and oxygen atoms in total. The predicted octanol–water partition coefficient (Wildman–Crippen LogP) is 2.63. The van der Waals surface area contributed by atoms with E-state index in [0.29, 0.717) is 12.1 Å². The van der Waals surface area contributed by atoms with E-state index in [1.165, 1.54) is 29.2 Å². The van der Waals surface area contributed by atoms with Gasteiger partial charge in [-0.2, -0.15) is 0 Å². The van der Waals surface area contributed by atoms with Crippen LogP contribution in [-0.4, -0.2) is 44.9 Å². The van der Waals surface area contributed by atoms with Crippen LogP contribution in [0.2, 0.25) is 0 Å². The summed E-state index contributed by atoms with van der Waals surface area (Å²) in [6, 6.07) is 8.47. The van der Waals surface area contributed by atoms with Crippen molar-refractivity contribution in [3.05, 3.63) is 77.9 Å². The smallest absolute Gasteiger partial charge is 0.338 e. The van der Waals surface area contributed by atoms with Gasteiger partial charge in [0.25, 0.3) is 5.91 Å². The third kappa shape index (κ3) is 6.69. The summed E-state index contributed by atoms with van der Waals surface area (Å²) in [5, 5.41) is 0. The number of hydrogen-bond acceptors (Lipinski definition) is 5. The highest BCUT2D eigenvalue weighted by atomic mass is 32.2. The van der Waals surface area contributed by atoms with E-state index in [1.54, 1.807) is 13.0 Å². The second kappa shape index (κ2) is 10.8. The minimum atomic E-state index is -4.21. The predicted molar refractivity (Wildman–Crippen MR) is 110 cm³/mol. The molecule has 0 atom stereocenters. The molecule has 0 aliphatic heterocycles. The van der Waals surface area contributed by atoms with Gasteiger partial charge in [-0.05, 0) is 42.8 Å². The van der Waals surface area contributed by atoms with Gasteiger partial charge in [0.15, 0.2) is 6.61 Å². The van der Waals surface area contributed by atoms with E-state index in [4.69, 9.17) is 4.74 Å². The van der Waals surface area contributed by atoms with Gasteiger partial charge in [-0.25, -0.2) is 26.7 Å². The van der Waals surface area contributed by atoms with Crippen LogP contribution >= 0.6 is 0 Å². The normalized spacial score (nSPS) is 11.1. The van der Waals surface area contributed by atoms with E-state index in [2.05, 4.69) is 11.3 Å². The van der Waals surface area contributed by atoms with Crippen molar-refractivity contribution in [2.24, 2.45) is 0 Å². The Kier molecular flexibility index (Phi) is 8.40. The maximum Gasteiger partial charge on any atom is 0.338 e. The molecule has 0 spiro atoms. The maximum atomic E-state index is 14.0. The summed E-state index contributed by atoms with van der Waals surface area (Å²) in [6.07, 6.45) is 1.28. The van der Waals surface area contributed by atoms with Crippen molar-refractivity contribution >= 4 is 21.9 Å². The molecule has 10 heteroatoms. The lowest BCUT2D eigenvalue weighted by Gasteiger charge is -2.21. The first-order valence-corrected chi connectivity index (χ1v) is 10.8. The van der Waals surface area contributed by atoms with Crippen LogP contribution < -0.4 is 4.72 Å². The number of nitrogens with one attached hydrogen (secondary N) is 1. The second-order valence-electron chi connectivity index (χ2n) is 6.40. The first-order valence-electron chi connectivity index (χ1n) is 9.27. The molecule has 0 unspecified atom stereocenters. The van der Waals surface area contributed by atoms with E-state index in [9.17, 15) is 26.8 Å². The monoisotopic (exact) mass is 452 g/mol. The van der Waals surface area contributed by atoms with E-state index < -0.39 is 45.0 Å². The molecule has 166 valence electrons. The number of halogens is 2. The van der Waals surface area contributed by atoms with Crippen molar-refractivity contribution < 1.29 is 31.5 Å². The number of benzene rings is 2. The molecule has 0 heterocycles. The summed E-state index contributed by atoms with van der Waals surface area (Å²) in [5.41, 5.74) is 0.336. The number of hydrogen-bond donors (Lipinski definition) is 1. The van der Waals surface area contributed by atoms with Crippen LogP contribution in [0.4, 0.5) is 8.78 Å². The van der Waals surface area contributed by atoms with Gasteiger partial charge in [0.2, 0.25) is 10.0 Å². The summed E-state index contributed by atoms with van der Waals surface area (Å²) < 4.78 is 58.6. The molecule has 0 saturated heterocycles. The van der Waals surface area contributed by atoms with Gasteiger partial charge in [0.1, 0.15) is 16.5 Å². The maximum absolute atomic E-state index is 14.0. The molecular formula is C21H22F2N2O5S. The Balaban J connectivity index is 2.06. The molecule has 0 aliphatic rings. The number of likely N-dealkylation sites (N-methyl/N-ethyl adjacent to an activating group) is 1. The number of sulfonamides is 1. The molecule has 0 fully saturated rings. The van der Waals surface area contributed by atoms with Gasteiger partial charge in [0, 0.05) is 19.6 Å². The van der Waals surface area contributed by atoms with Crippen LogP contribution in [0, 0.1) is 11.6 Å². The van der Waals surface area contributed by atoms with Crippen molar-refractivity contribution in [1.29, 1.82) is 0 Å². The minimum absolute atomic E-state index is 0.122. The topological polar surface area (TPSA) is 92.8 Å². The Hall–Kier alpha value is -3.11. The second-order valence-corrected chi connectivity index (χ2v) is 8.14. The lowest BCUT2D eigenvalue weighted by atomic mass is 10.2. The number of esters is 1. The Morgan fingerprint density at radius 3 is 2.58 bits per heavy atom. The van der Waals surface area contributed by atoms with Crippen LogP contribution in [0.15, 0.2) is 60.0 Å². The number of nitrogens with zero attached hydrogens (tertiary/aromatic N) is 1.